The number of aromatic nitrogens is 2. The highest BCUT2D eigenvalue weighted by molar-refractivity contribution is 5.75. The second-order valence-electron chi connectivity index (χ2n) is 3.17. The van der Waals surface area contributed by atoms with Gasteiger partial charge >= 0.3 is 5.69 Å². The van der Waals surface area contributed by atoms with Crippen LogP contribution < -0.4 is 11.4 Å². The van der Waals surface area contributed by atoms with Gasteiger partial charge in [0, 0.05) is 0 Å². The molecule has 74 valence electrons. The maximum atomic E-state index is 10.9. The Bertz CT molecular complexity index is 500. The number of H-pyrrole nitrogens is 2. The third-order valence-corrected chi connectivity index (χ3v) is 2.16. The Balaban J connectivity index is 2.55. The maximum Gasteiger partial charge on any atom is 0.323 e. The first kappa shape index (κ1) is 8.98. The highest BCUT2D eigenvalue weighted by atomic mass is 16.3. The van der Waals surface area contributed by atoms with Gasteiger partial charge in [0.05, 0.1) is 23.7 Å². The van der Waals surface area contributed by atoms with E-state index in [-0.39, 0.29) is 12.3 Å². The summed E-state index contributed by atoms with van der Waals surface area (Å²) < 4.78 is 0. The van der Waals surface area contributed by atoms with Crippen LogP contribution in [0.25, 0.3) is 11.0 Å². The van der Waals surface area contributed by atoms with Crippen molar-refractivity contribution in [2.45, 2.75) is 6.04 Å². The van der Waals surface area contributed by atoms with Gasteiger partial charge in [0.1, 0.15) is 0 Å². The number of fused-ring (bicyclic) bond motifs is 1. The van der Waals surface area contributed by atoms with E-state index < -0.39 is 6.04 Å². The van der Waals surface area contributed by atoms with Crippen molar-refractivity contribution in [3.05, 3.63) is 34.2 Å². The van der Waals surface area contributed by atoms with Crippen molar-refractivity contribution in [3.8, 4) is 0 Å². The highest BCUT2D eigenvalue weighted by Crippen LogP contribution is 2.14. The number of aliphatic hydroxyl groups is 1. The third-order valence-electron chi connectivity index (χ3n) is 2.16. The van der Waals surface area contributed by atoms with E-state index in [4.69, 9.17) is 10.8 Å². The topological polar surface area (TPSA) is 94.9 Å². The normalized spacial score (nSPS) is 13.3. The molecule has 2 rings (SSSR count). The average Bonchev–Trinajstić information content (AvgIpc) is 2.55. The molecular weight excluding hydrogens is 182 g/mol. The first-order chi connectivity index (χ1) is 6.70. The lowest BCUT2D eigenvalue weighted by Crippen LogP contribution is -2.14. The third kappa shape index (κ3) is 1.43. The molecule has 14 heavy (non-hydrogen) atoms. The summed E-state index contributed by atoms with van der Waals surface area (Å²) in [7, 11) is 0. The molecule has 1 aromatic heterocycles. The van der Waals surface area contributed by atoms with E-state index in [1.54, 1.807) is 18.2 Å². The van der Waals surface area contributed by atoms with E-state index in [1.807, 2.05) is 0 Å². The number of aromatic amines is 2. The van der Waals surface area contributed by atoms with Crippen molar-refractivity contribution in [2.24, 2.45) is 5.73 Å². The lowest BCUT2D eigenvalue weighted by Gasteiger charge is -2.07. The Morgan fingerprint density at radius 3 is 2.79 bits per heavy atom. The van der Waals surface area contributed by atoms with Crippen LogP contribution in [0.15, 0.2) is 23.0 Å². The molecule has 5 heteroatoms. The van der Waals surface area contributed by atoms with Crippen LogP contribution in [0.5, 0.6) is 0 Å². The minimum Gasteiger partial charge on any atom is -0.394 e. The molecule has 1 aromatic carbocycles. The largest absolute Gasteiger partial charge is 0.394 e. The van der Waals surface area contributed by atoms with Crippen LogP contribution in [0.1, 0.15) is 11.6 Å². The second-order valence-corrected chi connectivity index (χ2v) is 3.17. The number of hydrogen-bond donors (Lipinski definition) is 4. The summed E-state index contributed by atoms with van der Waals surface area (Å²) in [4.78, 5) is 16.2. The molecule has 0 saturated carbocycles. The van der Waals surface area contributed by atoms with Crippen molar-refractivity contribution < 1.29 is 5.11 Å². The first-order valence-electron chi connectivity index (χ1n) is 4.29. The summed E-state index contributed by atoms with van der Waals surface area (Å²) in [5, 5.41) is 8.86. The molecule has 1 unspecified atom stereocenters. The monoisotopic (exact) mass is 193 g/mol. The minimum absolute atomic E-state index is 0.111. The Morgan fingerprint density at radius 2 is 2.07 bits per heavy atom. The summed E-state index contributed by atoms with van der Waals surface area (Å²) in [6.07, 6.45) is 0. The molecule has 0 fully saturated rings. The Kier molecular flexibility index (Phi) is 2.11. The second kappa shape index (κ2) is 3.28. The molecule has 0 aliphatic carbocycles. The molecule has 1 atom stereocenters. The summed E-state index contributed by atoms with van der Waals surface area (Å²) >= 11 is 0. The number of aliphatic hydroxyl groups excluding tert-OH is 1. The smallest absolute Gasteiger partial charge is 0.323 e. The predicted molar refractivity (Wildman–Crippen MR) is 52.9 cm³/mol. The van der Waals surface area contributed by atoms with Gasteiger partial charge in [-0.1, -0.05) is 6.07 Å². The molecule has 0 spiro atoms. The van der Waals surface area contributed by atoms with Crippen molar-refractivity contribution in [2.75, 3.05) is 6.61 Å². The summed E-state index contributed by atoms with van der Waals surface area (Å²) in [6.45, 7) is -0.111. The molecule has 2 aromatic rings. The molecule has 0 aliphatic heterocycles. The fraction of sp³-hybridized carbons (Fsp3) is 0.222. The molecule has 0 saturated heterocycles. The number of nitrogens with two attached hydrogens (primary N) is 1. The van der Waals surface area contributed by atoms with Crippen molar-refractivity contribution in [1.82, 2.24) is 9.97 Å². The average molecular weight is 193 g/mol. The van der Waals surface area contributed by atoms with Gasteiger partial charge in [0.25, 0.3) is 0 Å². The number of nitrogens with one attached hydrogen (secondary N) is 2. The quantitative estimate of drug-likeness (QED) is 0.534. The predicted octanol–water partition coefficient (Wildman–Crippen LogP) is -0.152. The standard InChI is InChI=1S/C9H11N3O2/c10-6(4-13)5-1-2-7-8(3-5)12-9(14)11-7/h1-3,6,13H,4,10H2,(H2,11,12,14). The van der Waals surface area contributed by atoms with E-state index in [0.717, 1.165) is 11.1 Å². The number of hydrogen-bond acceptors (Lipinski definition) is 3. The van der Waals surface area contributed by atoms with Gasteiger partial charge in [0.15, 0.2) is 0 Å². The van der Waals surface area contributed by atoms with Crippen LogP contribution in [0.2, 0.25) is 0 Å². The van der Waals surface area contributed by atoms with E-state index in [0.29, 0.717) is 5.52 Å². The summed E-state index contributed by atoms with van der Waals surface area (Å²) in [6, 6.07) is 4.90. The number of imidazole rings is 1. The molecule has 0 bridgehead atoms. The Labute approximate surface area is 79.6 Å². The van der Waals surface area contributed by atoms with Gasteiger partial charge in [-0.3, -0.25) is 0 Å². The number of benzene rings is 1. The Morgan fingerprint density at radius 1 is 1.36 bits per heavy atom. The first-order valence-corrected chi connectivity index (χ1v) is 4.29. The fourth-order valence-electron chi connectivity index (χ4n) is 1.39. The van der Waals surface area contributed by atoms with Crippen LogP contribution >= 0.6 is 0 Å². The van der Waals surface area contributed by atoms with Crippen molar-refractivity contribution >= 4 is 11.0 Å². The van der Waals surface area contributed by atoms with Crippen LogP contribution in [0.3, 0.4) is 0 Å². The van der Waals surface area contributed by atoms with Crippen LogP contribution in [0.4, 0.5) is 0 Å². The van der Waals surface area contributed by atoms with Gasteiger partial charge in [-0.15, -0.1) is 0 Å². The van der Waals surface area contributed by atoms with Gasteiger partial charge in [-0.05, 0) is 17.7 Å². The van der Waals surface area contributed by atoms with E-state index in [9.17, 15) is 4.79 Å². The van der Waals surface area contributed by atoms with Crippen LogP contribution in [-0.4, -0.2) is 21.7 Å². The molecule has 5 nitrogen and oxygen atoms in total. The lowest BCUT2D eigenvalue weighted by molar-refractivity contribution is 0.268. The molecule has 5 N–H and O–H groups in total. The molecule has 0 amide bonds. The van der Waals surface area contributed by atoms with Crippen LogP contribution in [-0.2, 0) is 0 Å². The number of rotatable bonds is 2. The summed E-state index contributed by atoms with van der Waals surface area (Å²) in [5.41, 5.74) is 7.64. The molecule has 0 aliphatic rings. The van der Waals surface area contributed by atoms with Gasteiger partial charge in [0.2, 0.25) is 0 Å². The summed E-state index contributed by atoms with van der Waals surface area (Å²) in [5.74, 6) is 0. The fourth-order valence-corrected chi connectivity index (χ4v) is 1.39. The molecule has 1 heterocycles. The minimum atomic E-state index is -0.405. The zero-order valence-electron chi connectivity index (χ0n) is 7.45. The van der Waals surface area contributed by atoms with Gasteiger partial charge < -0.3 is 20.8 Å². The Hall–Kier alpha value is -1.59. The van der Waals surface area contributed by atoms with Gasteiger partial charge in [-0.25, -0.2) is 4.79 Å². The maximum absolute atomic E-state index is 10.9. The van der Waals surface area contributed by atoms with E-state index in [1.165, 1.54) is 0 Å². The van der Waals surface area contributed by atoms with Crippen molar-refractivity contribution in [3.63, 3.8) is 0 Å². The highest BCUT2D eigenvalue weighted by Gasteiger charge is 2.05. The zero-order valence-corrected chi connectivity index (χ0v) is 7.45. The van der Waals surface area contributed by atoms with Crippen LogP contribution in [0, 0.1) is 0 Å². The van der Waals surface area contributed by atoms with E-state index in [2.05, 4.69) is 9.97 Å². The zero-order chi connectivity index (χ0) is 10.1. The molecular formula is C9H11N3O2. The van der Waals surface area contributed by atoms with Gasteiger partial charge in [-0.2, -0.15) is 0 Å². The molecule has 0 radical (unpaired) electrons. The SMILES string of the molecule is NC(CO)c1ccc2[nH]c(=O)[nH]c2c1. The lowest BCUT2D eigenvalue weighted by atomic mass is 10.1. The van der Waals surface area contributed by atoms with E-state index >= 15 is 0 Å². The van der Waals surface area contributed by atoms with Crippen molar-refractivity contribution in [1.29, 1.82) is 0 Å².